The van der Waals surface area contributed by atoms with Gasteiger partial charge in [-0.25, -0.2) is 4.79 Å². The number of Topliss-reactive ketones (excluding diaryl/α,β-unsaturated/α-hetero) is 2. The molecule has 0 saturated heterocycles. The minimum absolute atomic E-state index is 0.125. The fourth-order valence-electron chi connectivity index (χ4n) is 0.582. The molecule has 0 fully saturated rings. The summed E-state index contributed by atoms with van der Waals surface area (Å²) in [4.78, 5) is 43.2. The van der Waals surface area contributed by atoms with Gasteiger partial charge in [-0.15, -0.1) is 0 Å². The van der Waals surface area contributed by atoms with Crippen LogP contribution in [0.4, 0.5) is 0 Å². The first kappa shape index (κ1) is 14.0. The largest absolute Gasteiger partial charge is 0.457 e. The van der Waals surface area contributed by atoms with Crippen LogP contribution in [-0.4, -0.2) is 36.7 Å². The first-order valence-corrected chi connectivity index (χ1v) is 4.36. The molecule has 0 aromatic heterocycles. The Morgan fingerprint density at radius 3 is 1.75 bits per heavy atom. The molecule has 0 aliphatic rings. The number of hydrogen-bond acceptors (Lipinski definition) is 6. The minimum atomic E-state index is -0.934. The van der Waals surface area contributed by atoms with Gasteiger partial charge in [0.1, 0.15) is 0 Å². The van der Waals surface area contributed by atoms with Crippen molar-refractivity contribution in [3.63, 3.8) is 0 Å². The number of ketones is 2. The highest BCUT2D eigenvalue weighted by atomic mass is 16.5. The van der Waals surface area contributed by atoms with E-state index in [1.807, 2.05) is 0 Å². The lowest BCUT2D eigenvalue weighted by Gasteiger charge is -2.03. The summed E-state index contributed by atoms with van der Waals surface area (Å²) >= 11 is 0. The highest BCUT2D eigenvalue weighted by Crippen LogP contribution is 1.92. The van der Waals surface area contributed by atoms with Crippen LogP contribution in [0.15, 0.2) is 12.2 Å². The third-order valence-corrected chi connectivity index (χ3v) is 1.40. The molecular formula is C10H12O6. The van der Waals surface area contributed by atoms with E-state index < -0.39 is 36.7 Å². The molecule has 0 atom stereocenters. The Hall–Kier alpha value is -1.98. The van der Waals surface area contributed by atoms with Gasteiger partial charge in [-0.05, 0) is 6.92 Å². The van der Waals surface area contributed by atoms with Crippen molar-refractivity contribution in [2.45, 2.75) is 13.8 Å². The van der Waals surface area contributed by atoms with Gasteiger partial charge in [-0.1, -0.05) is 6.58 Å². The van der Waals surface area contributed by atoms with Gasteiger partial charge >= 0.3 is 11.9 Å². The van der Waals surface area contributed by atoms with Crippen LogP contribution in [0.3, 0.4) is 0 Å². The Morgan fingerprint density at radius 2 is 1.38 bits per heavy atom. The SMILES string of the molecule is C=C(C)C(=O)OCC(=O)C(=O)COC(C)=O. The zero-order valence-electron chi connectivity index (χ0n) is 9.07. The Kier molecular flexibility index (Phi) is 5.69. The molecule has 0 rings (SSSR count). The van der Waals surface area contributed by atoms with Gasteiger partial charge in [-0.3, -0.25) is 14.4 Å². The lowest BCUT2D eigenvalue weighted by molar-refractivity contribution is -0.152. The fraction of sp³-hybridized carbons (Fsp3) is 0.400. The molecule has 0 N–H and O–H groups in total. The second-order valence-electron chi connectivity index (χ2n) is 2.98. The van der Waals surface area contributed by atoms with Crippen molar-refractivity contribution in [3.05, 3.63) is 12.2 Å². The molecule has 0 heterocycles. The molecule has 0 aromatic rings. The van der Waals surface area contributed by atoms with E-state index in [-0.39, 0.29) is 5.57 Å². The molecule has 6 heteroatoms. The van der Waals surface area contributed by atoms with Crippen molar-refractivity contribution in [1.29, 1.82) is 0 Å². The number of carbonyl (C=O) groups excluding carboxylic acids is 4. The van der Waals surface area contributed by atoms with Crippen LogP contribution in [-0.2, 0) is 28.7 Å². The van der Waals surface area contributed by atoms with Crippen LogP contribution >= 0.6 is 0 Å². The summed E-state index contributed by atoms with van der Waals surface area (Å²) in [6.45, 7) is 4.50. The zero-order chi connectivity index (χ0) is 12.7. The lowest BCUT2D eigenvalue weighted by atomic mass is 10.3. The van der Waals surface area contributed by atoms with Crippen molar-refractivity contribution in [2.75, 3.05) is 13.2 Å². The van der Waals surface area contributed by atoms with Gasteiger partial charge in [0.05, 0.1) is 0 Å². The zero-order valence-corrected chi connectivity index (χ0v) is 9.07. The predicted molar refractivity (Wildman–Crippen MR) is 52.4 cm³/mol. The van der Waals surface area contributed by atoms with Gasteiger partial charge in [0.2, 0.25) is 11.6 Å². The molecule has 0 unspecified atom stereocenters. The molecule has 0 spiro atoms. The first-order valence-electron chi connectivity index (χ1n) is 4.36. The summed E-state index contributed by atoms with van der Waals surface area (Å²) in [7, 11) is 0. The van der Waals surface area contributed by atoms with E-state index in [0.717, 1.165) is 6.92 Å². The molecule has 0 radical (unpaired) electrons. The summed E-state index contributed by atoms with van der Waals surface area (Å²) in [5.41, 5.74) is 0.125. The number of rotatable bonds is 6. The molecule has 0 aromatic carbocycles. The van der Waals surface area contributed by atoms with E-state index in [9.17, 15) is 19.2 Å². The minimum Gasteiger partial charge on any atom is -0.457 e. The van der Waals surface area contributed by atoms with Gasteiger partial charge in [-0.2, -0.15) is 0 Å². The Bertz CT molecular complexity index is 341. The Labute approximate surface area is 92.2 Å². The molecule has 88 valence electrons. The molecule has 6 nitrogen and oxygen atoms in total. The number of carbonyl (C=O) groups is 4. The average Bonchev–Trinajstić information content (AvgIpc) is 2.21. The smallest absolute Gasteiger partial charge is 0.333 e. The number of hydrogen-bond donors (Lipinski definition) is 0. The Morgan fingerprint density at radius 1 is 0.938 bits per heavy atom. The van der Waals surface area contributed by atoms with Gasteiger partial charge in [0.15, 0.2) is 13.2 Å². The van der Waals surface area contributed by atoms with Crippen molar-refractivity contribution in [3.8, 4) is 0 Å². The lowest BCUT2D eigenvalue weighted by Crippen LogP contribution is -2.26. The molecule has 16 heavy (non-hydrogen) atoms. The maximum absolute atomic E-state index is 11.0. The van der Waals surface area contributed by atoms with Crippen molar-refractivity contribution < 1.29 is 28.7 Å². The van der Waals surface area contributed by atoms with Crippen molar-refractivity contribution in [2.24, 2.45) is 0 Å². The number of ether oxygens (including phenoxy) is 2. The third kappa shape index (κ3) is 5.69. The van der Waals surface area contributed by atoms with Crippen molar-refractivity contribution in [1.82, 2.24) is 0 Å². The maximum Gasteiger partial charge on any atom is 0.333 e. The molecule has 0 amide bonds. The average molecular weight is 228 g/mol. The highest BCUT2D eigenvalue weighted by molar-refractivity contribution is 6.38. The maximum atomic E-state index is 11.0. The van der Waals surface area contributed by atoms with Crippen LogP contribution in [0, 0.1) is 0 Å². The van der Waals surface area contributed by atoms with Crippen molar-refractivity contribution >= 4 is 23.5 Å². The predicted octanol–water partition coefficient (Wildman–Crippen LogP) is -0.193. The van der Waals surface area contributed by atoms with Crippen LogP contribution in [0.25, 0.3) is 0 Å². The summed E-state index contributed by atoms with van der Waals surface area (Å²) in [5.74, 6) is -3.28. The first-order chi connectivity index (χ1) is 7.34. The van der Waals surface area contributed by atoms with E-state index in [1.54, 1.807) is 0 Å². The highest BCUT2D eigenvalue weighted by Gasteiger charge is 2.17. The van der Waals surface area contributed by atoms with E-state index in [0.29, 0.717) is 0 Å². The monoisotopic (exact) mass is 228 g/mol. The summed E-state index contributed by atoms with van der Waals surface area (Å²) in [5, 5.41) is 0. The fourth-order valence-corrected chi connectivity index (χ4v) is 0.582. The standard InChI is InChI=1S/C10H12O6/c1-6(2)10(14)16-5-9(13)8(12)4-15-7(3)11/h1,4-5H2,2-3H3. The molecule has 0 saturated carbocycles. The van der Waals surface area contributed by atoms with Crippen LogP contribution < -0.4 is 0 Å². The van der Waals surface area contributed by atoms with E-state index >= 15 is 0 Å². The summed E-state index contributed by atoms with van der Waals surface area (Å²) in [6, 6.07) is 0. The van der Waals surface area contributed by atoms with E-state index in [1.165, 1.54) is 6.92 Å². The van der Waals surface area contributed by atoms with Crippen LogP contribution in [0.5, 0.6) is 0 Å². The van der Waals surface area contributed by atoms with E-state index in [4.69, 9.17) is 0 Å². The second kappa shape index (κ2) is 6.49. The molecule has 0 bridgehead atoms. The molecular weight excluding hydrogens is 216 g/mol. The second-order valence-corrected chi connectivity index (χ2v) is 2.98. The normalized spacial score (nSPS) is 9.12. The van der Waals surface area contributed by atoms with Crippen LogP contribution in [0.1, 0.15) is 13.8 Å². The topological polar surface area (TPSA) is 86.7 Å². The van der Waals surface area contributed by atoms with Gasteiger partial charge in [0.25, 0.3) is 0 Å². The molecule has 0 aliphatic carbocycles. The van der Waals surface area contributed by atoms with Crippen LogP contribution in [0.2, 0.25) is 0 Å². The van der Waals surface area contributed by atoms with E-state index in [2.05, 4.69) is 16.1 Å². The van der Waals surface area contributed by atoms with Gasteiger partial charge in [0, 0.05) is 12.5 Å². The van der Waals surface area contributed by atoms with Gasteiger partial charge < -0.3 is 9.47 Å². The quantitative estimate of drug-likeness (QED) is 0.355. The Balaban J connectivity index is 3.98. The molecule has 0 aliphatic heterocycles. The summed E-state index contributed by atoms with van der Waals surface area (Å²) < 4.78 is 8.76. The summed E-state index contributed by atoms with van der Waals surface area (Å²) in [6.07, 6.45) is 0. The third-order valence-electron chi connectivity index (χ3n) is 1.40. The number of esters is 2.